The van der Waals surface area contributed by atoms with Crippen molar-refractivity contribution >= 4 is 29.1 Å². The van der Waals surface area contributed by atoms with E-state index in [0.29, 0.717) is 23.4 Å². The number of H-pyrrole nitrogens is 1. The highest BCUT2D eigenvalue weighted by atomic mass is 32.2. The van der Waals surface area contributed by atoms with Crippen molar-refractivity contribution in [1.29, 1.82) is 0 Å². The number of anilines is 1. The first kappa shape index (κ1) is 16.3. The molecule has 1 aliphatic rings. The fraction of sp³-hybridized carbons (Fsp3) is 0.235. The van der Waals surface area contributed by atoms with E-state index in [1.165, 1.54) is 28.7 Å². The SMILES string of the molecule is CCn1[nH]cc(C(=O)c2cc(C)c3c(c2C)NC(=O)C=CS3)c1=O. The van der Waals surface area contributed by atoms with Crippen LogP contribution in [0.15, 0.2) is 33.4 Å². The lowest BCUT2D eigenvalue weighted by Gasteiger charge is -2.16. The maximum atomic E-state index is 12.9. The second kappa shape index (κ2) is 6.16. The molecule has 0 bridgehead atoms. The molecule has 7 heteroatoms. The fourth-order valence-electron chi connectivity index (χ4n) is 2.71. The summed E-state index contributed by atoms with van der Waals surface area (Å²) in [4.78, 5) is 37.8. The molecule has 0 saturated heterocycles. The number of carbonyl (C=O) groups excluding carboxylic acids is 2. The normalized spacial score (nSPS) is 13.4. The Labute approximate surface area is 142 Å². The van der Waals surface area contributed by atoms with Gasteiger partial charge in [0.15, 0.2) is 0 Å². The first-order chi connectivity index (χ1) is 11.4. The lowest BCUT2D eigenvalue weighted by molar-refractivity contribution is -0.111. The molecule has 0 atom stereocenters. The number of aryl methyl sites for hydroxylation is 2. The number of nitrogens with one attached hydrogen (secondary N) is 2. The summed E-state index contributed by atoms with van der Waals surface area (Å²) < 4.78 is 1.38. The quantitative estimate of drug-likeness (QED) is 0.839. The van der Waals surface area contributed by atoms with Crippen molar-refractivity contribution in [2.45, 2.75) is 32.2 Å². The van der Waals surface area contributed by atoms with E-state index in [1.54, 1.807) is 18.4 Å². The standard InChI is InChI=1S/C17H17N3O3S/c1-4-20-17(23)12(8-18-20)15(22)11-7-9(2)16-14(10(11)3)19-13(21)5-6-24-16/h5-8,18H,4H2,1-3H3,(H,19,21). The van der Waals surface area contributed by atoms with Crippen LogP contribution in [0.2, 0.25) is 0 Å². The first-order valence-electron chi connectivity index (χ1n) is 7.55. The zero-order valence-electron chi connectivity index (χ0n) is 13.6. The minimum atomic E-state index is -0.344. The Bertz CT molecular complexity index is 937. The molecule has 2 N–H and O–H groups in total. The molecular weight excluding hydrogens is 326 g/mol. The van der Waals surface area contributed by atoms with Crippen molar-refractivity contribution in [3.05, 3.63) is 56.4 Å². The minimum absolute atomic E-state index is 0.102. The van der Waals surface area contributed by atoms with Crippen molar-refractivity contribution in [2.75, 3.05) is 5.32 Å². The summed E-state index contributed by atoms with van der Waals surface area (Å²) in [6, 6.07) is 1.78. The van der Waals surface area contributed by atoms with Crippen LogP contribution in [0, 0.1) is 13.8 Å². The summed E-state index contributed by atoms with van der Waals surface area (Å²) >= 11 is 1.43. The van der Waals surface area contributed by atoms with Crippen molar-refractivity contribution in [2.24, 2.45) is 0 Å². The van der Waals surface area contributed by atoms with Gasteiger partial charge in [-0.05, 0) is 43.4 Å². The third kappa shape index (κ3) is 2.60. The highest BCUT2D eigenvalue weighted by Gasteiger charge is 2.23. The number of aromatic amines is 1. The largest absolute Gasteiger partial charge is 0.321 e. The summed E-state index contributed by atoms with van der Waals surface area (Å²) in [5, 5.41) is 7.33. The smallest absolute Gasteiger partial charge is 0.277 e. The topological polar surface area (TPSA) is 84.0 Å². The van der Waals surface area contributed by atoms with Gasteiger partial charge in [0.1, 0.15) is 5.56 Å². The number of hydrogen-bond donors (Lipinski definition) is 2. The second-order valence-corrected chi connectivity index (χ2v) is 6.46. The first-order valence-corrected chi connectivity index (χ1v) is 8.43. The molecule has 1 aromatic heterocycles. The van der Waals surface area contributed by atoms with E-state index < -0.39 is 0 Å². The molecule has 0 fully saturated rings. The van der Waals surface area contributed by atoms with Gasteiger partial charge in [0.25, 0.3) is 5.56 Å². The van der Waals surface area contributed by atoms with Crippen LogP contribution >= 0.6 is 11.8 Å². The Morgan fingerprint density at radius 3 is 2.67 bits per heavy atom. The number of nitrogens with zero attached hydrogens (tertiary/aromatic N) is 1. The molecule has 1 aliphatic heterocycles. The van der Waals surface area contributed by atoms with E-state index in [1.807, 2.05) is 13.8 Å². The van der Waals surface area contributed by atoms with E-state index in [4.69, 9.17) is 0 Å². The van der Waals surface area contributed by atoms with E-state index >= 15 is 0 Å². The zero-order valence-corrected chi connectivity index (χ0v) is 14.4. The van der Waals surface area contributed by atoms with Crippen LogP contribution in [0.1, 0.15) is 34.0 Å². The van der Waals surface area contributed by atoms with Gasteiger partial charge in [-0.15, -0.1) is 0 Å². The van der Waals surface area contributed by atoms with Gasteiger partial charge in [-0.2, -0.15) is 0 Å². The molecule has 24 heavy (non-hydrogen) atoms. The van der Waals surface area contributed by atoms with E-state index in [9.17, 15) is 14.4 Å². The molecule has 0 aliphatic carbocycles. The molecule has 2 aromatic rings. The molecule has 0 unspecified atom stereocenters. The van der Waals surface area contributed by atoms with Gasteiger partial charge < -0.3 is 10.4 Å². The lowest BCUT2D eigenvalue weighted by atomic mass is 9.97. The molecular formula is C17H17N3O3S. The molecule has 6 nitrogen and oxygen atoms in total. The molecule has 3 rings (SSSR count). The number of fused-ring (bicyclic) bond motifs is 1. The zero-order chi connectivity index (χ0) is 17.4. The van der Waals surface area contributed by atoms with Crippen LogP contribution in [0.5, 0.6) is 0 Å². The number of ketones is 1. The maximum Gasteiger partial charge on any atom is 0.277 e. The summed E-state index contributed by atoms with van der Waals surface area (Å²) in [7, 11) is 0. The average molecular weight is 343 g/mol. The maximum absolute atomic E-state index is 12.9. The fourth-order valence-corrected chi connectivity index (χ4v) is 3.60. The van der Waals surface area contributed by atoms with Crippen LogP contribution in [0.25, 0.3) is 0 Å². The molecule has 0 spiro atoms. The summed E-state index contributed by atoms with van der Waals surface area (Å²) in [6.07, 6.45) is 2.89. The number of thioether (sulfide) groups is 1. The molecule has 1 aromatic carbocycles. The van der Waals surface area contributed by atoms with Gasteiger partial charge in [0.05, 0.1) is 5.69 Å². The van der Waals surface area contributed by atoms with Crippen LogP contribution in [0.4, 0.5) is 5.69 Å². The predicted octanol–water partition coefficient (Wildman–Crippen LogP) is 2.60. The van der Waals surface area contributed by atoms with Gasteiger partial charge in [-0.1, -0.05) is 11.8 Å². The Morgan fingerprint density at radius 2 is 2.00 bits per heavy atom. The van der Waals surface area contributed by atoms with Gasteiger partial charge in [0, 0.05) is 29.3 Å². The molecule has 2 heterocycles. The Morgan fingerprint density at radius 1 is 1.25 bits per heavy atom. The van der Waals surface area contributed by atoms with E-state index in [2.05, 4.69) is 10.4 Å². The van der Waals surface area contributed by atoms with Crippen LogP contribution in [-0.4, -0.2) is 21.5 Å². The average Bonchev–Trinajstić information content (AvgIpc) is 2.80. The van der Waals surface area contributed by atoms with E-state index in [-0.39, 0.29) is 22.8 Å². The number of rotatable bonds is 3. The Balaban J connectivity index is 2.14. The molecule has 0 radical (unpaired) electrons. The van der Waals surface area contributed by atoms with Gasteiger partial charge in [-0.25, -0.2) is 0 Å². The highest BCUT2D eigenvalue weighted by molar-refractivity contribution is 8.02. The Kier molecular flexibility index (Phi) is 4.19. The van der Waals surface area contributed by atoms with Crippen LogP contribution in [0.3, 0.4) is 0 Å². The second-order valence-electron chi connectivity index (χ2n) is 5.55. The van der Waals surface area contributed by atoms with Crippen molar-refractivity contribution in [1.82, 2.24) is 9.78 Å². The molecule has 1 amide bonds. The summed E-state index contributed by atoms with van der Waals surface area (Å²) in [5.74, 6) is -0.577. The van der Waals surface area contributed by atoms with E-state index in [0.717, 1.165) is 10.5 Å². The Hall–Kier alpha value is -2.54. The van der Waals surface area contributed by atoms with Gasteiger partial charge >= 0.3 is 0 Å². The van der Waals surface area contributed by atoms with Crippen LogP contribution in [-0.2, 0) is 11.3 Å². The van der Waals surface area contributed by atoms with Gasteiger partial charge in [0.2, 0.25) is 11.7 Å². The predicted molar refractivity (Wildman–Crippen MR) is 93.7 cm³/mol. The number of hydrogen-bond acceptors (Lipinski definition) is 4. The number of carbonyl (C=O) groups is 2. The highest BCUT2D eigenvalue weighted by Crippen LogP contribution is 2.38. The number of aromatic nitrogens is 2. The van der Waals surface area contributed by atoms with Crippen molar-refractivity contribution in [3.63, 3.8) is 0 Å². The molecule has 0 saturated carbocycles. The molecule has 124 valence electrons. The summed E-state index contributed by atoms with van der Waals surface area (Å²) in [6.45, 7) is 5.95. The van der Waals surface area contributed by atoms with Crippen molar-refractivity contribution < 1.29 is 9.59 Å². The third-order valence-electron chi connectivity index (χ3n) is 4.02. The number of amides is 1. The van der Waals surface area contributed by atoms with Crippen molar-refractivity contribution in [3.8, 4) is 0 Å². The van der Waals surface area contributed by atoms with Gasteiger partial charge in [-0.3, -0.25) is 19.1 Å². The number of benzene rings is 1. The lowest BCUT2D eigenvalue weighted by Crippen LogP contribution is -2.22. The van der Waals surface area contributed by atoms with Crippen LogP contribution < -0.4 is 10.9 Å². The minimum Gasteiger partial charge on any atom is -0.321 e. The monoisotopic (exact) mass is 343 g/mol. The summed E-state index contributed by atoms with van der Waals surface area (Å²) in [5.41, 5.74) is 2.36. The third-order valence-corrected chi connectivity index (χ3v) is 5.06.